The second-order valence-electron chi connectivity index (χ2n) is 4.01. The Hall–Kier alpha value is -0.200. The molecule has 2 unspecified atom stereocenters. The van der Waals surface area contributed by atoms with Crippen LogP contribution < -0.4 is 5.32 Å². The summed E-state index contributed by atoms with van der Waals surface area (Å²) >= 11 is 0. The van der Waals surface area contributed by atoms with Crippen LogP contribution in [0.15, 0.2) is 0 Å². The van der Waals surface area contributed by atoms with Crippen LogP contribution in [0.2, 0.25) is 0 Å². The first-order valence-corrected chi connectivity index (χ1v) is 6.27. The first-order chi connectivity index (χ1) is 8.20. The van der Waals surface area contributed by atoms with Crippen LogP contribution in [-0.4, -0.2) is 63.9 Å². The van der Waals surface area contributed by atoms with Gasteiger partial charge in [0.2, 0.25) is 0 Å². The molecule has 0 saturated carbocycles. The zero-order valence-corrected chi connectivity index (χ0v) is 11.3. The smallest absolute Gasteiger partial charge is 0.0897 e. The molecule has 5 nitrogen and oxygen atoms in total. The lowest BCUT2D eigenvalue weighted by Gasteiger charge is -2.16. The van der Waals surface area contributed by atoms with Crippen LogP contribution >= 0.6 is 0 Å². The highest BCUT2D eigenvalue weighted by Crippen LogP contribution is 1.93. The third-order valence-electron chi connectivity index (χ3n) is 2.20. The van der Waals surface area contributed by atoms with Crippen molar-refractivity contribution < 1.29 is 19.3 Å². The van der Waals surface area contributed by atoms with Crippen molar-refractivity contribution in [3.05, 3.63) is 0 Å². The van der Waals surface area contributed by atoms with Crippen LogP contribution in [0.1, 0.15) is 20.3 Å². The Labute approximate surface area is 104 Å². The van der Waals surface area contributed by atoms with Crippen LogP contribution in [0.3, 0.4) is 0 Å². The summed E-state index contributed by atoms with van der Waals surface area (Å²) in [6, 6.07) is 0. The number of ether oxygens (including phenoxy) is 3. The van der Waals surface area contributed by atoms with E-state index in [0.29, 0.717) is 19.8 Å². The molecule has 0 saturated heterocycles. The first kappa shape index (κ1) is 16.8. The van der Waals surface area contributed by atoms with Crippen LogP contribution in [0.4, 0.5) is 0 Å². The number of methoxy groups -OCH3 is 1. The van der Waals surface area contributed by atoms with Gasteiger partial charge in [-0.25, -0.2) is 0 Å². The van der Waals surface area contributed by atoms with E-state index in [2.05, 4.69) is 5.32 Å². The summed E-state index contributed by atoms with van der Waals surface area (Å²) in [5.74, 6) is 0. The lowest BCUT2D eigenvalue weighted by atomic mass is 10.3. The monoisotopic (exact) mass is 249 g/mol. The van der Waals surface area contributed by atoms with Crippen molar-refractivity contribution in [3.8, 4) is 0 Å². The minimum absolute atomic E-state index is 0.0209. The second kappa shape index (κ2) is 12.3. The molecule has 2 N–H and O–H groups in total. The molecular formula is C12H27NO4. The highest BCUT2D eigenvalue weighted by molar-refractivity contribution is 4.59. The molecule has 0 heterocycles. The van der Waals surface area contributed by atoms with Gasteiger partial charge in [-0.2, -0.15) is 0 Å². The van der Waals surface area contributed by atoms with Gasteiger partial charge in [0.15, 0.2) is 0 Å². The number of hydrogen-bond acceptors (Lipinski definition) is 5. The third kappa shape index (κ3) is 12.1. The SMILES string of the molecule is CCOCCCNCC(O)COC(C)COC. The van der Waals surface area contributed by atoms with Gasteiger partial charge < -0.3 is 24.6 Å². The molecule has 17 heavy (non-hydrogen) atoms. The van der Waals surface area contributed by atoms with Gasteiger partial charge in [-0.1, -0.05) is 0 Å². The van der Waals surface area contributed by atoms with Gasteiger partial charge in [0.1, 0.15) is 0 Å². The fourth-order valence-electron chi connectivity index (χ4n) is 1.33. The van der Waals surface area contributed by atoms with Gasteiger partial charge >= 0.3 is 0 Å². The highest BCUT2D eigenvalue weighted by atomic mass is 16.5. The molecule has 5 heteroatoms. The third-order valence-corrected chi connectivity index (χ3v) is 2.20. The Bertz CT molecular complexity index is 157. The number of aliphatic hydroxyl groups excluding tert-OH is 1. The molecule has 104 valence electrons. The van der Waals surface area contributed by atoms with E-state index in [1.54, 1.807) is 7.11 Å². The maximum Gasteiger partial charge on any atom is 0.0897 e. The van der Waals surface area contributed by atoms with Gasteiger partial charge in [-0.15, -0.1) is 0 Å². The lowest BCUT2D eigenvalue weighted by Crippen LogP contribution is -2.33. The zero-order chi connectivity index (χ0) is 12.9. The molecular weight excluding hydrogens is 222 g/mol. The second-order valence-corrected chi connectivity index (χ2v) is 4.01. The summed E-state index contributed by atoms with van der Waals surface area (Å²) in [7, 11) is 1.64. The summed E-state index contributed by atoms with van der Waals surface area (Å²) in [6.45, 7) is 7.71. The summed E-state index contributed by atoms with van der Waals surface area (Å²) in [4.78, 5) is 0. The van der Waals surface area contributed by atoms with Gasteiger partial charge in [0.25, 0.3) is 0 Å². The lowest BCUT2D eigenvalue weighted by molar-refractivity contribution is -0.0310. The molecule has 0 radical (unpaired) electrons. The topological polar surface area (TPSA) is 60.0 Å². The summed E-state index contributed by atoms with van der Waals surface area (Å²) in [5.41, 5.74) is 0. The quantitative estimate of drug-likeness (QED) is 0.491. The van der Waals surface area contributed by atoms with Crippen LogP contribution in [0, 0.1) is 0 Å². The van der Waals surface area contributed by atoms with Crippen molar-refractivity contribution in [2.24, 2.45) is 0 Å². The fraction of sp³-hybridized carbons (Fsp3) is 1.00. The van der Waals surface area contributed by atoms with Crippen molar-refractivity contribution in [2.75, 3.05) is 46.6 Å². The Kier molecular flexibility index (Phi) is 12.1. The van der Waals surface area contributed by atoms with E-state index in [4.69, 9.17) is 14.2 Å². The van der Waals surface area contributed by atoms with E-state index in [0.717, 1.165) is 26.2 Å². The standard InChI is InChI=1S/C12H27NO4/c1-4-16-7-5-6-13-8-12(14)10-17-11(2)9-15-3/h11-14H,4-10H2,1-3H3. The normalized spacial score (nSPS) is 14.8. The van der Waals surface area contributed by atoms with Crippen molar-refractivity contribution >= 4 is 0 Å². The Balaban J connectivity index is 3.25. The van der Waals surface area contributed by atoms with Gasteiger partial charge in [0.05, 0.1) is 25.4 Å². The highest BCUT2D eigenvalue weighted by Gasteiger charge is 2.07. The molecule has 2 atom stereocenters. The maximum atomic E-state index is 9.61. The molecule has 0 rings (SSSR count). The molecule has 0 aromatic rings. The number of hydrogen-bond donors (Lipinski definition) is 2. The van der Waals surface area contributed by atoms with Crippen molar-refractivity contribution in [1.29, 1.82) is 0 Å². The number of aliphatic hydroxyl groups is 1. The molecule has 0 spiro atoms. The average molecular weight is 249 g/mol. The molecule has 0 fully saturated rings. The fourth-order valence-corrected chi connectivity index (χ4v) is 1.33. The molecule has 0 aliphatic rings. The number of rotatable bonds is 12. The Morgan fingerprint density at radius 2 is 2.06 bits per heavy atom. The van der Waals surface area contributed by atoms with Crippen molar-refractivity contribution in [1.82, 2.24) is 5.32 Å². The predicted octanol–water partition coefficient (Wildman–Crippen LogP) is 0.415. The summed E-state index contributed by atoms with van der Waals surface area (Å²) < 4.78 is 15.5. The van der Waals surface area contributed by atoms with E-state index in [1.807, 2.05) is 13.8 Å². The predicted molar refractivity (Wildman–Crippen MR) is 67.3 cm³/mol. The van der Waals surface area contributed by atoms with E-state index in [-0.39, 0.29) is 6.10 Å². The van der Waals surface area contributed by atoms with Crippen LogP contribution in [-0.2, 0) is 14.2 Å². The van der Waals surface area contributed by atoms with E-state index < -0.39 is 6.10 Å². The molecule has 0 amide bonds. The number of nitrogens with one attached hydrogen (secondary N) is 1. The zero-order valence-electron chi connectivity index (χ0n) is 11.3. The van der Waals surface area contributed by atoms with Crippen LogP contribution in [0.25, 0.3) is 0 Å². The van der Waals surface area contributed by atoms with Gasteiger partial charge in [-0.05, 0) is 26.8 Å². The molecule has 0 aromatic carbocycles. The van der Waals surface area contributed by atoms with Crippen LogP contribution in [0.5, 0.6) is 0 Å². The average Bonchev–Trinajstić information content (AvgIpc) is 2.31. The largest absolute Gasteiger partial charge is 0.389 e. The van der Waals surface area contributed by atoms with E-state index in [1.165, 1.54) is 0 Å². The van der Waals surface area contributed by atoms with Crippen molar-refractivity contribution in [3.63, 3.8) is 0 Å². The Morgan fingerprint density at radius 3 is 2.71 bits per heavy atom. The minimum Gasteiger partial charge on any atom is -0.389 e. The van der Waals surface area contributed by atoms with E-state index in [9.17, 15) is 5.11 Å². The molecule has 0 aliphatic carbocycles. The Morgan fingerprint density at radius 1 is 1.29 bits per heavy atom. The van der Waals surface area contributed by atoms with Crippen molar-refractivity contribution in [2.45, 2.75) is 32.5 Å². The maximum absolute atomic E-state index is 9.61. The van der Waals surface area contributed by atoms with E-state index >= 15 is 0 Å². The first-order valence-electron chi connectivity index (χ1n) is 6.27. The minimum atomic E-state index is -0.471. The summed E-state index contributed by atoms with van der Waals surface area (Å²) in [6.07, 6.45) is 0.510. The molecule has 0 aliphatic heterocycles. The summed E-state index contributed by atoms with van der Waals surface area (Å²) in [5, 5.41) is 12.8. The molecule has 0 bridgehead atoms. The molecule has 0 aromatic heterocycles. The van der Waals surface area contributed by atoms with Gasteiger partial charge in [0, 0.05) is 26.9 Å². The van der Waals surface area contributed by atoms with Gasteiger partial charge in [-0.3, -0.25) is 0 Å².